The number of benzene rings is 1. The van der Waals surface area contributed by atoms with Gasteiger partial charge in [0.1, 0.15) is 6.61 Å². The van der Waals surface area contributed by atoms with Crippen molar-refractivity contribution in [1.29, 1.82) is 0 Å². The van der Waals surface area contributed by atoms with Crippen LogP contribution >= 0.6 is 0 Å². The molecule has 0 atom stereocenters. The fraction of sp³-hybridized carbons (Fsp3) is 0.600. The lowest BCUT2D eigenvalue weighted by Crippen LogP contribution is -2.14. The first-order valence-corrected chi connectivity index (χ1v) is 7.37. The van der Waals surface area contributed by atoms with Crippen molar-refractivity contribution < 1.29 is 14.4 Å². The number of nitro benzene ring substituents is 1. The van der Waals surface area contributed by atoms with Crippen LogP contribution in [0.5, 0.6) is 5.75 Å². The first kappa shape index (κ1) is 17.4. The van der Waals surface area contributed by atoms with Crippen LogP contribution in [0.1, 0.15) is 32.3 Å². The molecule has 1 aromatic carbocycles. The monoisotopic (exact) mass is 296 g/mol. The summed E-state index contributed by atoms with van der Waals surface area (Å²) in [5.41, 5.74) is 0.961. The molecule has 0 aliphatic heterocycles. The largest absolute Gasteiger partial charge is 0.484 e. The second kappa shape index (κ2) is 10.1. The zero-order valence-electron chi connectivity index (χ0n) is 12.8. The quantitative estimate of drug-likeness (QED) is 0.386. The fourth-order valence-corrected chi connectivity index (χ4v) is 1.80. The van der Waals surface area contributed by atoms with Crippen LogP contribution in [-0.4, -0.2) is 31.3 Å². The predicted molar refractivity (Wildman–Crippen MR) is 81.7 cm³/mol. The maximum Gasteiger partial charge on any atom is 0.310 e. The summed E-state index contributed by atoms with van der Waals surface area (Å²) in [6.07, 6.45) is 1.99. The number of nitrogens with zero attached hydrogens (tertiary/aromatic N) is 1. The Morgan fingerprint density at radius 1 is 1.19 bits per heavy atom. The number of ether oxygens (including phenoxy) is 2. The minimum atomic E-state index is -0.425. The van der Waals surface area contributed by atoms with Gasteiger partial charge in [0.15, 0.2) is 5.75 Å². The Kier molecular flexibility index (Phi) is 8.38. The van der Waals surface area contributed by atoms with Crippen molar-refractivity contribution in [3.8, 4) is 5.75 Å². The van der Waals surface area contributed by atoms with Crippen molar-refractivity contribution in [2.75, 3.05) is 26.4 Å². The van der Waals surface area contributed by atoms with Gasteiger partial charge >= 0.3 is 5.69 Å². The Bertz CT molecular complexity index is 438. The molecule has 21 heavy (non-hydrogen) atoms. The molecule has 0 radical (unpaired) electrons. The molecule has 0 spiro atoms. The summed E-state index contributed by atoms with van der Waals surface area (Å²) in [6.45, 7) is 7.13. The molecule has 0 fully saturated rings. The first-order chi connectivity index (χ1) is 10.2. The lowest BCUT2D eigenvalue weighted by atomic mass is 10.2. The van der Waals surface area contributed by atoms with Crippen LogP contribution < -0.4 is 10.1 Å². The van der Waals surface area contributed by atoms with E-state index in [0.29, 0.717) is 32.1 Å². The minimum absolute atomic E-state index is 0.00951. The van der Waals surface area contributed by atoms with Gasteiger partial charge in [-0.2, -0.15) is 0 Å². The van der Waals surface area contributed by atoms with Crippen LogP contribution in [0, 0.1) is 10.1 Å². The van der Waals surface area contributed by atoms with Crippen molar-refractivity contribution in [2.45, 2.75) is 33.2 Å². The molecule has 118 valence electrons. The zero-order valence-corrected chi connectivity index (χ0v) is 12.8. The van der Waals surface area contributed by atoms with E-state index in [1.165, 1.54) is 6.07 Å². The van der Waals surface area contributed by atoms with E-state index in [1.807, 2.05) is 6.92 Å². The molecule has 1 aromatic rings. The minimum Gasteiger partial charge on any atom is -0.484 e. The van der Waals surface area contributed by atoms with Crippen molar-refractivity contribution in [3.05, 3.63) is 33.9 Å². The smallest absolute Gasteiger partial charge is 0.310 e. The normalized spacial score (nSPS) is 10.6. The van der Waals surface area contributed by atoms with E-state index in [9.17, 15) is 10.1 Å². The van der Waals surface area contributed by atoms with E-state index in [4.69, 9.17) is 9.47 Å². The summed E-state index contributed by atoms with van der Waals surface area (Å²) in [4.78, 5) is 10.6. The number of nitrogens with one attached hydrogen (secondary N) is 1. The Hall–Kier alpha value is -1.66. The van der Waals surface area contributed by atoms with E-state index in [1.54, 1.807) is 12.1 Å². The molecular weight excluding hydrogens is 272 g/mol. The second-order valence-electron chi connectivity index (χ2n) is 4.70. The van der Waals surface area contributed by atoms with Gasteiger partial charge in [0.2, 0.25) is 0 Å². The predicted octanol–water partition coefficient (Wildman–Crippen LogP) is 2.90. The second-order valence-corrected chi connectivity index (χ2v) is 4.70. The van der Waals surface area contributed by atoms with Crippen LogP contribution in [-0.2, 0) is 11.3 Å². The molecule has 0 amide bonds. The third kappa shape index (κ3) is 6.55. The molecule has 6 heteroatoms. The van der Waals surface area contributed by atoms with Crippen LogP contribution in [0.2, 0.25) is 0 Å². The third-order valence-corrected chi connectivity index (χ3v) is 2.81. The summed E-state index contributed by atoms with van der Waals surface area (Å²) >= 11 is 0. The summed E-state index contributed by atoms with van der Waals surface area (Å²) in [7, 11) is 0. The summed E-state index contributed by atoms with van der Waals surface area (Å²) in [6, 6.07) is 4.97. The van der Waals surface area contributed by atoms with Crippen molar-refractivity contribution in [1.82, 2.24) is 5.32 Å². The van der Waals surface area contributed by atoms with E-state index in [-0.39, 0.29) is 5.69 Å². The van der Waals surface area contributed by atoms with Crippen LogP contribution in [0.3, 0.4) is 0 Å². The molecule has 0 heterocycles. The summed E-state index contributed by atoms with van der Waals surface area (Å²) < 4.78 is 10.8. The molecular formula is C15H24N2O4. The first-order valence-electron chi connectivity index (χ1n) is 7.37. The van der Waals surface area contributed by atoms with Gasteiger partial charge in [-0.15, -0.1) is 0 Å². The van der Waals surface area contributed by atoms with Gasteiger partial charge in [-0.05, 0) is 31.0 Å². The molecule has 0 aromatic heterocycles. The number of nitro groups is 1. The molecule has 0 aliphatic carbocycles. The fourth-order valence-electron chi connectivity index (χ4n) is 1.80. The lowest BCUT2D eigenvalue weighted by Gasteiger charge is -2.09. The molecule has 0 unspecified atom stereocenters. The topological polar surface area (TPSA) is 73.6 Å². The number of hydrogen-bond acceptors (Lipinski definition) is 5. The standard InChI is InChI=1S/C15H24N2O4/c1-3-7-16-12-13-5-6-14(17(18)19)15(11-13)21-10-9-20-8-4-2/h5-6,11,16H,3-4,7-10,12H2,1-2H3. The number of rotatable bonds is 11. The molecule has 0 aliphatic rings. The van der Waals surface area contributed by atoms with E-state index in [2.05, 4.69) is 12.2 Å². The molecule has 6 nitrogen and oxygen atoms in total. The Balaban J connectivity index is 2.62. The van der Waals surface area contributed by atoms with Crippen molar-refractivity contribution in [2.24, 2.45) is 0 Å². The van der Waals surface area contributed by atoms with Gasteiger partial charge in [0.25, 0.3) is 0 Å². The van der Waals surface area contributed by atoms with Gasteiger partial charge in [0.05, 0.1) is 11.5 Å². The highest BCUT2D eigenvalue weighted by molar-refractivity contribution is 5.48. The lowest BCUT2D eigenvalue weighted by molar-refractivity contribution is -0.385. The van der Waals surface area contributed by atoms with Gasteiger partial charge in [0, 0.05) is 19.2 Å². The van der Waals surface area contributed by atoms with E-state index < -0.39 is 4.92 Å². The Morgan fingerprint density at radius 3 is 2.67 bits per heavy atom. The Labute approximate surface area is 125 Å². The maximum atomic E-state index is 11.0. The average molecular weight is 296 g/mol. The average Bonchev–Trinajstić information content (AvgIpc) is 2.47. The van der Waals surface area contributed by atoms with Crippen LogP contribution in [0.25, 0.3) is 0 Å². The maximum absolute atomic E-state index is 11.0. The van der Waals surface area contributed by atoms with Crippen molar-refractivity contribution in [3.63, 3.8) is 0 Å². The molecule has 1 rings (SSSR count). The summed E-state index contributed by atoms with van der Waals surface area (Å²) in [5, 5.41) is 14.3. The highest BCUT2D eigenvalue weighted by Gasteiger charge is 2.15. The SMILES string of the molecule is CCCNCc1ccc([N+](=O)[O-])c(OCCOCCC)c1. The molecule has 0 saturated heterocycles. The zero-order chi connectivity index (χ0) is 15.5. The molecule has 0 bridgehead atoms. The van der Waals surface area contributed by atoms with Gasteiger partial charge in [-0.1, -0.05) is 19.9 Å². The molecule has 0 saturated carbocycles. The van der Waals surface area contributed by atoms with E-state index in [0.717, 1.165) is 24.9 Å². The van der Waals surface area contributed by atoms with Crippen molar-refractivity contribution >= 4 is 5.69 Å². The van der Waals surface area contributed by atoms with Crippen LogP contribution in [0.4, 0.5) is 5.69 Å². The highest BCUT2D eigenvalue weighted by Crippen LogP contribution is 2.27. The Morgan fingerprint density at radius 2 is 2.00 bits per heavy atom. The van der Waals surface area contributed by atoms with Gasteiger partial charge < -0.3 is 14.8 Å². The number of hydrogen-bond donors (Lipinski definition) is 1. The third-order valence-electron chi connectivity index (χ3n) is 2.81. The van der Waals surface area contributed by atoms with E-state index >= 15 is 0 Å². The summed E-state index contributed by atoms with van der Waals surface area (Å²) in [5.74, 6) is 0.302. The highest BCUT2D eigenvalue weighted by atomic mass is 16.6. The van der Waals surface area contributed by atoms with Gasteiger partial charge in [-0.25, -0.2) is 0 Å². The van der Waals surface area contributed by atoms with Gasteiger partial charge in [-0.3, -0.25) is 10.1 Å². The van der Waals surface area contributed by atoms with Crippen LogP contribution in [0.15, 0.2) is 18.2 Å². The molecule has 1 N–H and O–H groups in total.